The van der Waals surface area contributed by atoms with E-state index in [2.05, 4.69) is 20.8 Å². The molecule has 0 saturated heterocycles. The van der Waals surface area contributed by atoms with Crippen LogP contribution in [0.15, 0.2) is 36.4 Å². The van der Waals surface area contributed by atoms with Gasteiger partial charge in [0.1, 0.15) is 11.9 Å². The van der Waals surface area contributed by atoms with Crippen molar-refractivity contribution in [1.29, 1.82) is 0 Å². The van der Waals surface area contributed by atoms with Crippen molar-refractivity contribution in [3.8, 4) is 16.8 Å². The number of carbonyl (C=O) groups excluding carboxylic acids is 1. The summed E-state index contributed by atoms with van der Waals surface area (Å²) in [6, 6.07) is 9.39. The van der Waals surface area contributed by atoms with E-state index >= 15 is 0 Å². The first-order valence-electron chi connectivity index (χ1n) is 9.48. The van der Waals surface area contributed by atoms with E-state index in [-0.39, 0.29) is 12.2 Å². The second kappa shape index (κ2) is 9.10. The molecule has 30 heavy (non-hydrogen) atoms. The Morgan fingerprint density at radius 2 is 2.03 bits per heavy atom. The molecule has 0 bridgehead atoms. The van der Waals surface area contributed by atoms with Gasteiger partial charge in [0, 0.05) is 24.3 Å². The Kier molecular flexibility index (Phi) is 6.53. The van der Waals surface area contributed by atoms with Crippen LogP contribution in [0.25, 0.3) is 16.8 Å². The molecular formula is C21H24FN5O3. The van der Waals surface area contributed by atoms with Gasteiger partial charge in [0.2, 0.25) is 0 Å². The molecule has 3 aromatic rings. The quantitative estimate of drug-likeness (QED) is 0.617. The maximum atomic E-state index is 14.7. The highest BCUT2D eigenvalue weighted by atomic mass is 19.1. The molecule has 0 aliphatic rings. The van der Waals surface area contributed by atoms with Crippen LogP contribution in [0.2, 0.25) is 0 Å². The summed E-state index contributed by atoms with van der Waals surface area (Å²) in [5, 5.41) is 23.7. The fraction of sp³-hybridized carbons (Fsp3) is 0.333. The van der Waals surface area contributed by atoms with Gasteiger partial charge in [-0.1, -0.05) is 12.1 Å². The molecule has 0 saturated carbocycles. The molecule has 2 atom stereocenters. The van der Waals surface area contributed by atoms with Crippen molar-refractivity contribution in [3.63, 3.8) is 0 Å². The number of methoxy groups -OCH3 is 1. The summed E-state index contributed by atoms with van der Waals surface area (Å²) < 4.78 is 21.4. The van der Waals surface area contributed by atoms with Crippen LogP contribution >= 0.6 is 0 Å². The number of hydrogen-bond acceptors (Lipinski definition) is 6. The van der Waals surface area contributed by atoms with Crippen LogP contribution in [0.3, 0.4) is 0 Å². The average molecular weight is 413 g/mol. The van der Waals surface area contributed by atoms with E-state index in [4.69, 9.17) is 4.74 Å². The van der Waals surface area contributed by atoms with Gasteiger partial charge in [-0.05, 0) is 66.6 Å². The lowest BCUT2D eigenvalue weighted by Gasteiger charge is -2.15. The molecule has 0 aliphatic heterocycles. The highest BCUT2D eigenvalue weighted by Crippen LogP contribution is 2.28. The predicted molar refractivity (Wildman–Crippen MR) is 109 cm³/mol. The average Bonchev–Trinajstić information content (AvgIpc) is 3.22. The van der Waals surface area contributed by atoms with Gasteiger partial charge in [0.15, 0.2) is 5.82 Å². The van der Waals surface area contributed by atoms with Gasteiger partial charge in [-0.15, -0.1) is 5.10 Å². The lowest BCUT2D eigenvalue weighted by atomic mass is 9.99. The summed E-state index contributed by atoms with van der Waals surface area (Å²) in [6.45, 7) is 5.08. The van der Waals surface area contributed by atoms with E-state index in [0.717, 1.165) is 5.56 Å². The van der Waals surface area contributed by atoms with Crippen LogP contribution in [0.1, 0.15) is 41.7 Å². The van der Waals surface area contributed by atoms with Crippen molar-refractivity contribution < 1.29 is 19.0 Å². The first-order chi connectivity index (χ1) is 14.3. The monoisotopic (exact) mass is 413 g/mol. The maximum Gasteiger partial charge on any atom is 0.251 e. The molecule has 2 aromatic carbocycles. The molecule has 0 radical (unpaired) electrons. The number of carbonyl (C=O) groups is 1. The third-order valence-electron chi connectivity index (χ3n) is 4.72. The molecule has 1 aromatic heterocycles. The Hall–Kier alpha value is -3.17. The van der Waals surface area contributed by atoms with Gasteiger partial charge in [-0.3, -0.25) is 4.79 Å². The van der Waals surface area contributed by atoms with Gasteiger partial charge in [-0.2, -0.15) is 4.68 Å². The van der Waals surface area contributed by atoms with Crippen molar-refractivity contribution >= 4 is 5.91 Å². The summed E-state index contributed by atoms with van der Waals surface area (Å²) in [5.74, 6) is -0.361. The van der Waals surface area contributed by atoms with E-state index in [9.17, 15) is 14.3 Å². The smallest absolute Gasteiger partial charge is 0.251 e. The van der Waals surface area contributed by atoms with Gasteiger partial charge in [0.25, 0.3) is 5.91 Å². The Labute approximate surface area is 173 Å². The van der Waals surface area contributed by atoms with Crippen LogP contribution < -0.4 is 5.32 Å². The van der Waals surface area contributed by atoms with Crippen molar-refractivity contribution in [2.24, 2.45) is 0 Å². The summed E-state index contributed by atoms with van der Waals surface area (Å²) in [5.41, 5.74) is 2.41. The normalized spacial score (nSPS) is 13.1. The van der Waals surface area contributed by atoms with E-state index in [1.165, 1.54) is 17.9 Å². The number of hydrogen-bond donors (Lipinski definition) is 2. The maximum absolute atomic E-state index is 14.7. The number of benzene rings is 2. The molecule has 158 valence electrons. The van der Waals surface area contributed by atoms with Gasteiger partial charge < -0.3 is 15.2 Å². The third kappa shape index (κ3) is 4.52. The molecule has 0 aliphatic carbocycles. The molecule has 1 amide bonds. The zero-order chi connectivity index (χ0) is 21.8. The lowest BCUT2D eigenvalue weighted by Crippen LogP contribution is -2.35. The number of rotatable bonds is 7. The minimum atomic E-state index is -0.433. The van der Waals surface area contributed by atoms with Crippen LogP contribution in [0.5, 0.6) is 0 Å². The number of amides is 1. The molecular weight excluding hydrogens is 389 g/mol. The number of nitrogens with one attached hydrogen (secondary N) is 1. The van der Waals surface area contributed by atoms with Crippen LogP contribution in [-0.2, 0) is 4.74 Å². The Balaban J connectivity index is 2.16. The molecule has 9 heteroatoms. The summed E-state index contributed by atoms with van der Waals surface area (Å²) in [6.07, 6.45) is -0.397. The SMILES string of the molecule is COC(C)c1nnnn1-c1cc(C(=O)N[C@@H](C)CO)cc(-c2ccc(C)cc2F)c1. The van der Waals surface area contributed by atoms with Crippen LogP contribution in [0.4, 0.5) is 4.39 Å². The molecule has 1 unspecified atom stereocenters. The number of ether oxygens (including phenoxy) is 1. The molecule has 0 spiro atoms. The number of nitrogens with zero attached hydrogens (tertiary/aromatic N) is 4. The number of halogens is 1. The zero-order valence-electron chi connectivity index (χ0n) is 17.3. The fourth-order valence-electron chi connectivity index (χ4n) is 2.96. The largest absolute Gasteiger partial charge is 0.394 e. The number of aryl methyl sites for hydroxylation is 1. The Morgan fingerprint density at radius 1 is 1.27 bits per heavy atom. The number of aliphatic hydroxyl groups excluding tert-OH is 1. The van der Waals surface area contributed by atoms with E-state index < -0.39 is 23.9 Å². The molecule has 1 heterocycles. The second-order valence-electron chi connectivity index (χ2n) is 7.14. The van der Waals surface area contributed by atoms with Crippen molar-refractivity contribution in [2.75, 3.05) is 13.7 Å². The van der Waals surface area contributed by atoms with Gasteiger partial charge in [0.05, 0.1) is 12.3 Å². The molecule has 0 fully saturated rings. The molecule has 8 nitrogen and oxygen atoms in total. The van der Waals surface area contributed by atoms with Gasteiger partial charge in [-0.25, -0.2) is 4.39 Å². The summed E-state index contributed by atoms with van der Waals surface area (Å²) >= 11 is 0. The number of aromatic nitrogens is 4. The first-order valence-corrected chi connectivity index (χ1v) is 9.48. The van der Waals surface area contributed by atoms with E-state index in [0.29, 0.717) is 22.6 Å². The highest BCUT2D eigenvalue weighted by Gasteiger charge is 2.19. The van der Waals surface area contributed by atoms with E-state index in [1.54, 1.807) is 51.1 Å². The second-order valence-corrected chi connectivity index (χ2v) is 7.14. The predicted octanol–water partition coefficient (Wildman–Crippen LogP) is 2.59. The van der Waals surface area contributed by atoms with Crippen molar-refractivity contribution in [1.82, 2.24) is 25.5 Å². The lowest BCUT2D eigenvalue weighted by molar-refractivity contribution is 0.0922. The topological polar surface area (TPSA) is 102 Å². The zero-order valence-corrected chi connectivity index (χ0v) is 17.3. The summed E-state index contributed by atoms with van der Waals surface area (Å²) in [7, 11) is 1.54. The third-order valence-corrected chi connectivity index (χ3v) is 4.72. The van der Waals surface area contributed by atoms with E-state index in [1.807, 2.05) is 0 Å². The Morgan fingerprint density at radius 3 is 2.70 bits per heavy atom. The molecule has 2 N–H and O–H groups in total. The van der Waals surface area contributed by atoms with Crippen molar-refractivity contribution in [3.05, 3.63) is 59.2 Å². The fourth-order valence-corrected chi connectivity index (χ4v) is 2.96. The van der Waals surface area contributed by atoms with Crippen LogP contribution in [-0.4, -0.2) is 51.0 Å². The number of tetrazole rings is 1. The first kappa shape index (κ1) is 21.5. The van der Waals surface area contributed by atoms with Crippen LogP contribution in [0, 0.1) is 12.7 Å². The molecule has 3 rings (SSSR count). The minimum Gasteiger partial charge on any atom is -0.394 e. The van der Waals surface area contributed by atoms with Crippen molar-refractivity contribution in [2.45, 2.75) is 32.9 Å². The highest BCUT2D eigenvalue weighted by molar-refractivity contribution is 5.96. The summed E-state index contributed by atoms with van der Waals surface area (Å²) in [4.78, 5) is 12.7. The minimum absolute atomic E-state index is 0.201. The Bertz CT molecular complexity index is 1050. The number of aliphatic hydroxyl groups is 1. The van der Waals surface area contributed by atoms with Gasteiger partial charge >= 0.3 is 0 Å². The standard InChI is InChI=1S/C21H24FN5O3/c1-12-5-6-18(19(22)7-12)15-8-16(21(29)23-13(2)11-28)10-17(9-15)27-20(14(3)30-4)24-25-26-27/h5-10,13-14,28H,11H2,1-4H3,(H,23,29)/t13-,14?/m0/s1.